The first kappa shape index (κ1) is 22.7. The standard InChI is InChI=1S/C24H28ClN5O4/c1-15(2)10-18(26-24(31)19-4-3-9-32-19)23-28-27-22-5-6-29(7-8-30(22)23)13-16-11-20-21(12-17(16)25)34-14-33-20/h3-4,9,11-12,15,18H,5-8,10,13-14H2,1-2H3,(H,26,31)/t18-/m1/s1. The Labute approximate surface area is 203 Å². The Balaban J connectivity index is 1.31. The zero-order valence-corrected chi connectivity index (χ0v) is 20.0. The molecule has 10 heteroatoms. The molecule has 34 heavy (non-hydrogen) atoms. The molecule has 0 bridgehead atoms. The van der Waals surface area contributed by atoms with Crippen molar-refractivity contribution in [3.05, 3.63) is 58.5 Å². The van der Waals surface area contributed by atoms with Gasteiger partial charge in [-0.15, -0.1) is 10.2 Å². The maximum atomic E-state index is 12.7. The Kier molecular flexibility index (Phi) is 6.47. The third-order valence-corrected chi connectivity index (χ3v) is 6.50. The number of hydrogen-bond donors (Lipinski definition) is 1. The summed E-state index contributed by atoms with van der Waals surface area (Å²) in [4.78, 5) is 15.0. The van der Waals surface area contributed by atoms with Gasteiger partial charge in [0.05, 0.1) is 12.3 Å². The van der Waals surface area contributed by atoms with Crippen LogP contribution < -0.4 is 14.8 Å². The van der Waals surface area contributed by atoms with E-state index in [1.54, 1.807) is 12.1 Å². The quantitative estimate of drug-likeness (QED) is 0.543. The Morgan fingerprint density at radius 3 is 2.76 bits per heavy atom. The molecular weight excluding hydrogens is 458 g/mol. The van der Waals surface area contributed by atoms with E-state index >= 15 is 0 Å². The van der Waals surface area contributed by atoms with Gasteiger partial charge in [-0.3, -0.25) is 9.69 Å². The number of benzene rings is 1. The SMILES string of the molecule is CC(C)C[C@@H](NC(=O)c1ccco1)c1nnc2n1CCN(Cc1cc3c(cc1Cl)OCO3)CC2. The van der Waals surface area contributed by atoms with Gasteiger partial charge in [-0.1, -0.05) is 25.4 Å². The number of halogens is 1. The van der Waals surface area contributed by atoms with Gasteiger partial charge in [-0.25, -0.2) is 0 Å². The zero-order chi connectivity index (χ0) is 23.7. The first-order valence-electron chi connectivity index (χ1n) is 11.5. The molecule has 0 radical (unpaired) electrons. The van der Waals surface area contributed by atoms with E-state index in [0.29, 0.717) is 23.2 Å². The first-order valence-corrected chi connectivity index (χ1v) is 11.9. The van der Waals surface area contributed by atoms with Crippen LogP contribution in [0.3, 0.4) is 0 Å². The van der Waals surface area contributed by atoms with Crippen molar-refractivity contribution in [1.82, 2.24) is 25.0 Å². The maximum absolute atomic E-state index is 12.7. The summed E-state index contributed by atoms with van der Waals surface area (Å²) in [5.74, 6) is 3.54. The number of amides is 1. The largest absolute Gasteiger partial charge is 0.459 e. The molecule has 4 heterocycles. The van der Waals surface area contributed by atoms with Crippen molar-refractivity contribution >= 4 is 17.5 Å². The van der Waals surface area contributed by atoms with Crippen molar-refractivity contribution in [2.45, 2.75) is 45.8 Å². The molecule has 2 aromatic heterocycles. The summed E-state index contributed by atoms with van der Waals surface area (Å²) >= 11 is 6.50. The normalized spacial score (nSPS) is 16.4. The maximum Gasteiger partial charge on any atom is 0.287 e. The van der Waals surface area contributed by atoms with Crippen molar-refractivity contribution in [3.8, 4) is 11.5 Å². The van der Waals surface area contributed by atoms with Crippen LogP contribution in [0.4, 0.5) is 0 Å². The fourth-order valence-corrected chi connectivity index (χ4v) is 4.68. The lowest BCUT2D eigenvalue weighted by Gasteiger charge is -2.22. The molecule has 0 fully saturated rings. The van der Waals surface area contributed by atoms with Gasteiger partial charge in [0.2, 0.25) is 6.79 Å². The third kappa shape index (κ3) is 4.76. The molecule has 1 aromatic carbocycles. The van der Waals surface area contributed by atoms with Crippen molar-refractivity contribution in [2.75, 3.05) is 19.9 Å². The monoisotopic (exact) mass is 485 g/mol. The number of hydrogen-bond acceptors (Lipinski definition) is 7. The fraction of sp³-hybridized carbons (Fsp3) is 0.458. The number of rotatable bonds is 7. The predicted molar refractivity (Wildman–Crippen MR) is 125 cm³/mol. The number of fused-ring (bicyclic) bond motifs is 2. The number of ether oxygens (including phenoxy) is 2. The van der Waals surface area contributed by atoms with E-state index in [1.807, 2.05) is 12.1 Å². The minimum absolute atomic E-state index is 0.226. The molecule has 0 saturated heterocycles. The summed E-state index contributed by atoms with van der Waals surface area (Å²) in [6.07, 6.45) is 3.01. The number of nitrogens with zero attached hydrogens (tertiary/aromatic N) is 4. The highest BCUT2D eigenvalue weighted by molar-refractivity contribution is 6.31. The van der Waals surface area contributed by atoms with Gasteiger partial charge in [0.15, 0.2) is 23.1 Å². The van der Waals surface area contributed by atoms with Crippen molar-refractivity contribution in [2.24, 2.45) is 5.92 Å². The highest BCUT2D eigenvalue weighted by Crippen LogP contribution is 2.37. The van der Waals surface area contributed by atoms with Crippen LogP contribution in [-0.4, -0.2) is 45.5 Å². The lowest BCUT2D eigenvalue weighted by Crippen LogP contribution is -2.32. The van der Waals surface area contributed by atoms with Crippen LogP contribution in [0.2, 0.25) is 5.02 Å². The summed E-state index contributed by atoms with van der Waals surface area (Å²) in [6.45, 7) is 7.55. The van der Waals surface area contributed by atoms with Gasteiger partial charge in [-0.2, -0.15) is 0 Å². The van der Waals surface area contributed by atoms with Crippen LogP contribution in [0.5, 0.6) is 11.5 Å². The van der Waals surface area contributed by atoms with Crippen LogP contribution in [0.1, 0.15) is 54.1 Å². The molecule has 1 atom stereocenters. The van der Waals surface area contributed by atoms with Crippen LogP contribution in [-0.2, 0) is 19.5 Å². The van der Waals surface area contributed by atoms with E-state index < -0.39 is 0 Å². The number of carbonyl (C=O) groups is 1. The fourth-order valence-electron chi connectivity index (χ4n) is 4.46. The first-order chi connectivity index (χ1) is 16.5. The molecule has 0 saturated carbocycles. The predicted octanol–water partition coefficient (Wildman–Crippen LogP) is 3.83. The molecule has 0 aliphatic carbocycles. The van der Waals surface area contributed by atoms with E-state index in [0.717, 1.165) is 55.4 Å². The molecule has 9 nitrogen and oxygen atoms in total. The number of aromatic nitrogens is 3. The molecule has 0 spiro atoms. The van der Waals surface area contributed by atoms with E-state index in [1.165, 1.54) is 6.26 Å². The van der Waals surface area contributed by atoms with Crippen molar-refractivity contribution in [1.29, 1.82) is 0 Å². The Hall–Kier alpha value is -3.04. The average molecular weight is 486 g/mol. The van der Waals surface area contributed by atoms with E-state index in [-0.39, 0.29) is 24.5 Å². The molecule has 2 aliphatic rings. The average Bonchev–Trinajstić information content (AvgIpc) is 3.54. The van der Waals surface area contributed by atoms with Gasteiger partial charge in [0.1, 0.15) is 5.82 Å². The molecule has 180 valence electrons. The van der Waals surface area contributed by atoms with Crippen LogP contribution in [0.15, 0.2) is 34.9 Å². The van der Waals surface area contributed by atoms with Gasteiger partial charge in [0, 0.05) is 43.7 Å². The summed E-state index contributed by atoms with van der Waals surface area (Å²) in [5, 5.41) is 12.7. The minimum Gasteiger partial charge on any atom is -0.459 e. The molecular formula is C24H28ClN5O4. The minimum atomic E-state index is -0.256. The van der Waals surface area contributed by atoms with E-state index in [2.05, 4.69) is 38.8 Å². The van der Waals surface area contributed by atoms with Gasteiger partial charge < -0.3 is 23.8 Å². The Morgan fingerprint density at radius 1 is 1.18 bits per heavy atom. The van der Waals surface area contributed by atoms with E-state index in [9.17, 15) is 4.79 Å². The third-order valence-electron chi connectivity index (χ3n) is 6.15. The van der Waals surface area contributed by atoms with Crippen LogP contribution in [0, 0.1) is 5.92 Å². The van der Waals surface area contributed by atoms with Crippen LogP contribution in [0.25, 0.3) is 0 Å². The molecule has 0 unspecified atom stereocenters. The highest BCUT2D eigenvalue weighted by Gasteiger charge is 2.27. The smallest absolute Gasteiger partial charge is 0.287 e. The van der Waals surface area contributed by atoms with Crippen molar-refractivity contribution in [3.63, 3.8) is 0 Å². The lowest BCUT2D eigenvalue weighted by atomic mass is 10.0. The Bertz CT molecular complexity index is 1160. The van der Waals surface area contributed by atoms with Crippen LogP contribution >= 0.6 is 11.6 Å². The van der Waals surface area contributed by atoms with Gasteiger partial charge in [-0.05, 0) is 36.1 Å². The van der Waals surface area contributed by atoms with Gasteiger partial charge >= 0.3 is 0 Å². The second-order valence-electron chi connectivity index (χ2n) is 9.08. The van der Waals surface area contributed by atoms with E-state index in [4.69, 9.17) is 25.5 Å². The van der Waals surface area contributed by atoms with Crippen molar-refractivity contribution < 1.29 is 18.7 Å². The zero-order valence-electron chi connectivity index (χ0n) is 19.3. The molecule has 1 N–H and O–H groups in total. The summed E-state index contributed by atoms with van der Waals surface area (Å²) < 4.78 is 18.4. The molecule has 3 aromatic rings. The number of carbonyl (C=O) groups excluding carboxylic acids is 1. The lowest BCUT2D eigenvalue weighted by molar-refractivity contribution is 0.0900. The van der Waals surface area contributed by atoms with Gasteiger partial charge in [0.25, 0.3) is 5.91 Å². The summed E-state index contributed by atoms with van der Waals surface area (Å²) in [7, 11) is 0. The second kappa shape index (κ2) is 9.68. The highest BCUT2D eigenvalue weighted by atomic mass is 35.5. The summed E-state index contributed by atoms with van der Waals surface area (Å²) in [5.41, 5.74) is 1.01. The molecule has 1 amide bonds. The number of furan rings is 1. The molecule has 2 aliphatic heterocycles. The summed E-state index contributed by atoms with van der Waals surface area (Å²) in [6, 6.07) is 6.89. The topological polar surface area (TPSA) is 94.7 Å². The Morgan fingerprint density at radius 2 is 2.00 bits per heavy atom. The molecule has 5 rings (SSSR count). The number of nitrogens with one attached hydrogen (secondary N) is 1. The second-order valence-corrected chi connectivity index (χ2v) is 9.49.